The summed E-state index contributed by atoms with van der Waals surface area (Å²) in [5.74, 6) is 2.72. The predicted octanol–water partition coefficient (Wildman–Crippen LogP) is 3.29. The molecule has 5 rings (SSSR count). The molecule has 1 fully saturated rings. The third-order valence-electron chi connectivity index (χ3n) is 6.02. The Morgan fingerprint density at radius 1 is 0.969 bits per heavy atom. The summed E-state index contributed by atoms with van der Waals surface area (Å²) in [7, 11) is -3.63. The lowest BCUT2D eigenvalue weighted by Crippen LogP contribution is -2.49. The fraction of sp³-hybridized carbons (Fsp3) is 0.455. The highest BCUT2D eigenvalue weighted by Gasteiger charge is 2.31. The summed E-state index contributed by atoms with van der Waals surface area (Å²) in [6.45, 7) is 9.11. The lowest BCUT2D eigenvalue weighted by Gasteiger charge is -2.35. The number of aromatic nitrogens is 2. The molecule has 10 heteroatoms. The molecule has 3 aromatic rings. The van der Waals surface area contributed by atoms with Crippen molar-refractivity contribution in [1.82, 2.24) is 14.3 Å². The van der Waals surface area contributed by atoms with Gasteiger partial charge in [-0.3, -0.25) is 0 Å². The Bertz CT molecular complexity index is 1280. The van der Waals surface area contributed by atoms with E-state index in [1.54, 1.807) is 33.8 Å². The topological polar surface area (TPSA) is 84.9 Å². The first-order valence-electron chi connectivity index (χ1n) is 10.7. The number of anilines is 1. The van der Waals surface area contributed by atoms with E-state index in [-0.39, 0.29) is 4.90 Å². The van der Waals surface area contributed by atoms with Crippen LogP contribution in [0.3, 0.4) is 0 Å². The van der Waals surface area contributed by atoms with Crippen LogP contribution >= 0.6 is 11.3 Å². The fourth-order valence-electron chi connectivity index (χ4n) is 4.15. The molecule has 0 unspecified atom stereocenters. The highest BCUT2D eigenvalue weighted by Crippen LogP contribution is 2.36. The minimum Gasteiger partial charge on any atom is -0.490 e. The van der Waals surface area contributed by atoms with Crippen LogP contribution in [-0.2, 0) is 10.0 Å². The molecule has 1 aromatic carbocycles. The van der Waals surface area contributed by atoms with Crippen LogP contribution in [-0.4, -0.2) is 62.1 Å². The van der Waals surface area contributed by atoms with Crippen LogP contribution in [0.1, 0.15) is 22.7 Å². The minimum atomic E-state index is -3.63. The van der Waals surface area contributed by atoms with Crippen molar-refractivity contribution in [2.24, 2.45) is 0 Å². The number of nitrogens with zero attached hydrogens (tertiary/aromatic N) is 4. The Hall–Kier alpha value is -2.43. The van der Waals surface area contributed by atoms with Gasteiger partial charge in [0.1, 0.15) is 16.5 Å². The van der Waals surface area contributed by atoms with Crippen molar-refractivity contribution >= 4 is 37.4 Å². The third-order valence-corrected chi connectivity index (χ3v) is 9.01. The molecule has 0 bridgehead atoms. The number of thiophene rings is 1. The number of ether oxygens (including phenoxy) is 2. The van der Waals surface area contributed by atoms with Crippen molar-refractivity contribution in [3.8, 4) is 11.5 Å². The first-order chi connectivity index (χ1) is 15.3. The Balaban J connectivity index is 1.38. The van der Waals surface area contributed by atoms with Crippen LogP contribution < -0.4 is 14.4 Å². The number of piperazine rings is 1. The highest BCUT2D eigenvalue weighted by atomic mass is 32.2. The zero-order valence-corrected chi connectivity index (χ0v) is 20.1. The second-order valence-corrected chi connectivity index (χ2v) is 11.2. The molecule has 0 radical (unpaired) electrons. The van der Waals surface area contributed by atoms with E-state index >= 15 is 0 Å². The van der Waals surface area contributed by atoms with E-state index in [0.29, 0.717) is 50.9 Å². The van der Waals surface area contributed by atoms with Gasteiger partial charge in [0.05, 0.1) is 23.5 Å². The number of rotatable bonds is 3. The standard InChI is InChI=1S/C22H26N4O4S2/c1-14-15(2)31-22-20(14)21(23-16(3)24-22)25-7-9-26(10-8-25)32(27,28)17-5-6-18-19(13-17)30-12-4-11-29-18/h5-6,13H,4,7-12H2,1-3H3. The van der Waals surface area contributed by atoms with Crippen molar-refractivity contribution in [2.75, 3.05) is 44.3 Å². The minimum absolute atomic E-state index is 0.236. The van der Waals surface area contributed by atoms with Crippen molar-refractivity contribution in [3.05, 3.63) is 34.5 Å². The largest absolute Gasteiger partial charge is 0.490 e. The fourth-order valence-corrected chi connectivity index (χ4v) is 6.66. The molecule has 0 atom stereocenters. The average Bonchev–Trinajstić information content (AvgIpc) is 2.94. The molecular formula is C22H26N4O4S2. The average molecular weight is 475 g/mol. The van der Waals surface area contributed by atoms with Gasteiger partial charge in [-0.15, -0.1) is 11.3 Å². The Morgan fingerprint density at radius 3 is 2.44 bits per heavy atom. The van der Waals surface area contributed by atoms with Gasteiger partial charge in [0.2, 0.25) is 10.0 Å². The number of hydrogen-bond acceptors (Lipinski definition) is 8. The predicted molar refractivity (Wildman–Crippen MR) is 125 cm³/mol. The van der Waals surface area contributed by atoms with Gasteiger partial charge in [-0.05, 0) is 38.5 Å². The molecule has 32 heavy (non-hydrogen) atoms. The second-order valence-electron chi connectivity index (χ2n) is 8.11. The Labute approximate surface area is 191 Å². The molecule has 0 spiro atoms. The molecule has 4 heterocycles. The summed E-state index contributed by atoms with van der Waals surface area (Å²) in [6.07, 6.45) is 0.775. The van der Waals surface area contributed by atoms with Gasteiger partial charge < -0.3 is 14.4 Å². The molecule has 2 aliphatic heterocycles. The van der Waals surface area contributed by atoms with Crippen LogP contribution in [0.15, 0.2) is 23.1 Å². The molecule has 0 aliphatic carbocycles. The zero-order valence-electron chi connectivity index (χ0n) is 18.4. The molecule has 170 valence electrons. The smallest absolute Gasteiger partial charge is 0.243 e. The van der Waals surface area contributed by atoms with Crippen LogP contribution in [0, 0.1) is 20.8 Å². The molecular weight excluding hydrogens is 448 g/mol. The summed E-state index contributed by atoms with van der Waals surface area (Å²) in [6, 6.07) is 4.87. The summed E-state index contributed by atoms with van der Waals surface area (Å²) < 4.78 is 39.5. The molecule has 1 saturated heterocycles. The van der Waals surface area contributed by atoms with Crippen molar-refractivity contribution < 1.29 is 17.9 Å². The van der Waals surface area contributed by atoms with E-state index in [9.17, 15) is 8.42 Å². The maximum absolute atomic E-state index is 13.3. The molecule has 0 saturated carbocycles. The monoisotopic (exact) mass is 474 g/mol. The first-order valence-corrected chi connectivity index (χ1v) is 13.0. The number of hydrogen-bond donors (Lipinski definition) is 0. The van der Waals surface area contributed by atoms with Gasteiger partial charge in [0.25, 0.3) is 0 Å². The van der Waals surface area contributed by atoms with Crippen molar-refractivity contribution in [2.45, 2.75) is 32.1 Å². The molecule has 2 aromatic heterocycles. The van der Waals surface area contributed by atoms with Crippen LogP contribution in [0.5, 0.6) is 11.5 Å². The van der Waals surface area contributed by atoms with E-state index in [1.165, 1.54) is 10.4 Å². The maximum Gasteiger partial charge on any atom is 0.243 e. The van der Waals surface area contributed by atoms with Gasteiger partial charge >= 0.3 is 0 Å². The zero-order chi connectivity index (χ0) is 22.5. The first kappa shape index (κ1) is 21.4. The highest BCUT2D eigenvalue weighted by molar-refractivity contribution is 7.89. The van der Waals surface area contributed by atoms with Gasteiger partial charge in [0.15, 0.2) is 11.5 Å². The Morgan fingerprint density at radius 2 is 1.69 bits per heavy atom. The van der Waals surface area contributed by atoms with Gasteiger partial charge in [-0.1, -0.05) is 0 Å². The normalized spacial score (nSPS) is 17.5. The summed E-state index contributed by atoms with van der Waals surface area (Å²) in [5, 5.41) is 1.08. The van der Waals surface area contributed by atoms with Crippen molar-refractivity contribution in [1.29, 1.82) is 0 Å². The van der Waals surface area contributed by atoms with E-state index in [1.807, 2.05) is 6.92 Å². The van der Waals surface area contributed by atoms with Crippen LogP contribution in [0.4, 0.5) is 5.82 Å². The van der Waals surface area contributed by atoms with Crippen LogP contribution in [0.2, 0.25) is 0 Å². The number of fused-ring (bicyclic) bond motifs is 2. The van der Waals surface area contributed by atoms with E-state index in [4.69, 9.17) is 14.5 Å². The molecule has 8 nitrogen and oxygen atoms in total. The lowest BCUT2D eigenvalue weighted by molar-refractivity contribution is 0.296. The SMILES string of the molecule is Cc1nc(N2CCN(S(=O)(=O)c3ccc4c(c3)OCCCO4)CC2)c2c(C)c(C)sc2n1. The molecule has 0 N–H and O–H groups in total. The molecule has 2 aliphatic rings. The van der Waals surface area contributed by atoms with Crippen LogP contribution in [0.25, 0.3) is 10.2 Å². The number of aryl methyl sites for hydroxylation is 3. The summed E-state index contributed by atoms with van der Waals surface area (Å²) in [5.41, 5.74) is 1.20. The van der Waals surface area contributed by atoms with Crippen molar-refractivity contribution in [3.63, 3.8) is 0 Å². The quantitative estimate of drug-likeness (QED) is 0.576. The molecule has 0 amide bonds. The van der Waals surface area contributed by atoms with Gasteiger partial charge in [-0.2, -0.15) is 4.31 Å². The van der Waals surface area contributed by atoms with E-state index in [0.717, 1.165) is 28.3 Å². The number of sulfonamides is 1. The van der Waals surface area contributed by atoms with Gasteiger partial charge in [0, 0.05) is 43.5 Å². The van der Waals surface area contributed by atoms with E-state index < -0.39 is 10.0 Å². The Kier molecular flexibility index (Phi) is 5.47. The lowest BCUT2D eigenvalue weighted by atomic mass is 10.2. The summed E-state index contributed by atoms with van der Waals surface area (Å²) >= 11 is 1.68. The maximum atomic E-state index is 13.3. The third kappa shape index (κ3) is 3.70. The van der Waals surface area contributed by atoms with Gasteiger partial charge in [-0.25, -0.2) is 18.4 Å². The second kappa shape index (κ2) is 8.17. The number of benzene rings is 1. The summed E-state index contributed by atoms with van der Waals surface area (Å²) in [4.78, 5) is 14.0. The van der Waals surface area contributed by atoms with E-state index in [2.05, 4.69) is 23.7 Å².